The first-order chi connectivity index (χ1) is 5.29. The average molecular weight is 279 g/mol. The van der Waals surface area contributed by atoms with E-state index >= 15 is 0 Å². The highest BCUT2D eigenvalue weighted by atomic mass is 127. The van der Waals surface area contributed by atoms with Gasteiger partial charge in [0.15, 0.2) is 5.15 Å². The van der Waals surface area contributed by atoms with E-state index < -0.39 is 0 Å². The third-order valence-corrected chi connectivity index (χ3v) is 2.46. The Morgan fingerprint density at radius 1 is 1.45 bits per heavy atom. The predicted octanol–water partition coefficient (Wildman–Crippen LogP) is 2.28. The van der Waals surface area contributed by atoms with Crippen LogP contribution in [0.4, 0.5) is 0 Å². The first-order valence-electron chi connectivity index (χ1n) is 2.93. The van der Waals surface area contributed by atoms with Gasteiger partial charge >= 0.3 is 0 Å². The second kappa shape index (κ2) is 2.60. The topological polar surface area (TPSA) is 30.7 Å². The van der Waals surface area contributed by atoms with E-state index in [0.717, 1.165) is 11.0 Å². The van der Waals surface area contributed by atoms with Crippen LogP contribution in [0.2, 0.25) is 5.15 Å². The molecule has 0 amide bonds. The number of hydrogen-bond acceptors (Lipinski definition) is 2. The van der Waals surface area contributed by atoms with Gasteiger partial charge in [0.05, 0.1) is 28.4 Å². The Kier molecular flexibility index (Phi) is 1.72. The molecule has 11 heavy (non-hydrogen) atoms. The van der Waals surface area contributed by atoms with E-state index in [-0.39, 0.29) is 0 Å². The van der Waals surface area contributed by atoms with Gasteiger partial charge in [-0.3, -0.25) is 2.78 Å². The zero-order valence-corrected chi connectivity index (χ0v) is 8.24. The lowest BCUT2D eigenvalue weighted by atomic mass is 10.5. The van der Waals surface area contributed by atoms with Crippen molar-refractivity contribution in [2.75, 3.05) is 0 Å². The van der Waals surface area contributed by atoms with Gasteiger partial charge in [-0.15, -0.1) is 0 Å². The fourth-order valence-corrected chi connectivity index (χ4v) is 1.91. The van der Waals surface area contributed by atoms with Crippen molar-refractivity contribution in [1.82, 2.24) is 12.7 Å². The maximum atomic E-state index is 5.83. The van der Waals surface area contributed by atoms with Crippen LogP contribution in [-0.4, -0.2) is 12.7 Å². The molecule has 5 heteroatoms. The van der Waals surface area contributed by atoms with Crippen LogP contribution < -0.4 is 0 Å². The van der Waals surface area contributed by atoms with E-state index in [1.807, 2.05) is 15.0 Å². The Labute approximate surface area is 81.9 Å². The largest absolute Gasteiger partial charge is 0.285 e. The summed E-state index contributed by atoms with van der Waals surface area (Å²) < 4.78 is 1.87. The van der Waals surface area contributed by atoms with Crippen molar-refractivity contribution in [3.8, 4) is 0 Å². The lowest BCUT2D eigenvalue weighted by Gasteiger charge is -1.93. The lowest BCUT2D eigenvalue weighted by molar-refractivity contribution is 1.21. The summed E-state index contributed by atoms with van der Waals surface area (Å²) >= 11 is 7.96. The summed E-state index contributed by atoms with van der Waals surface area (Å²) in [5.41, 5.74) is 1.74. The van der Waals surface area contributed by atoms with Crippen LogP contribution in [0, 0.1) is 0 Å². The summed E-state index contributed by atoms with van der Waals surface area (Å²) in [6, 6.07) is 1.90. The van der Waals surface area contributed by atoms with E-state index in [1.54, 1.807) is 0 Å². The Hall–Kier alpha value is -0.360. The smallest absolute Gasteiger partial charge is 0.157 e. The van der Waals surface area contributed by atoms with E-state index in [9.17, 15) is 0 Å². The van der Waals surface area contributed by atoms with E-state index in [4.69, 9.17) is 11.6 Å². The number of nitrogens with zero attached hydrogens (tertiary/aromatic N) is 3. The highest BCUT2D eigenvalue weighted by molar-refractivity contribution is 14.1. The molecule has 0 spiro atoms. The summed E-state index contributed by atoms with van der Waals surface area (Å²) in [5.74, 6) is 0. The van der Waals surface area contributed by atoms with Crippen molar-refractivity contribution in [3.63, 3.8) is 0 Å². The zero-order chi connectivity index (χ0) is 7.84. The monoisotopic (exact) mass is 279 g/mol. The van der Waals surface area contributed by atoms with Crippen LogP contribution in [0.5, 0.6) is 0 Å². The predicted molar refractivity (Wildman–Crippen MR) is 52.0 cm³/mol. The fraction of sp³-hybridized carbons (Fsp3) is 0. The number of aromatic nitrogens is 3. The number of fused-ring (bicyclic) bond motifs is 1. The first kappa shape index (κ1) is 7.30. The highest BCUT2D eigenvalue weighted by Gasteiger charge is 2.03. The van der Waals surface area contributed by atoms with Gasteiger partial charge in [-0.2, -0.15) is 0 Å². The number of hydrogen-bond donors (Lipinski definition) is 0. The molecule has 0 saturated carbocycles. The van der Waals surface area contributed by atoms with Crippen LogP contribution in [0.15, 0.2) is 18.6 Å². The molecule has 0 bridgehead atoms. The summed E-state index contributed by atoms with van der Waals surface area (Å²) in [6.45, 7) is 0. The molecule has 0 N–H and O–H groups in total. The van der Waals surface area contributed by atoms with Crippen molar-refractivity contribution >= 4 is 45.5 Å². The van der Waals surface area contributed by atoms with Gasteiger partial charge in [0, 0.05) is 6.20 Å². The standard InChI is InChI=1S/C6H3ClIN3/c7-6-5-4(9-3-10-6)1-2-11(5)8/h1-3H. The lowest BCUT2D eigenvalue weighted by Crippen LogP contribution is -1.83. The quantitative estimate of drug-likeness (QED) is 0.547. The molecular weight excluding hydrogens is 276 g/mol. The molecule has 0 radical (unpaired) electrons. The summed E-state index contributed by atoms with van der Waals surface area (Å²) in [6.07, 6.45) is 3.35. The molecule has 2 heterocycles. The summed E-state index contributed by atoms with van der Waals surface area (Å²) in [5, 5.41) is 0.495. The maximum absolute atomic E-state index is 5.83. The SMILES string of the molecule is Clc1ncnc2ccn(I)c12. The molecule has 0 aliphatic heterocycles. The van der Waals surface area contributed by atoms with Gasteiger partial charge < -0.3 is 0 Å². The van der Waals surface area contributed by atoms with Crippen LogP contribution in [0.3, 0.4) is 0 Å². The van der Waals surface area contributed by atoms with Gasteiger partial charge in [-0.05, 0) is 6.07 Å². The van der Waals surface area contributed by atoms with Crippen molar-refractivity contribution in [3.05, 3.63) is 23.7 Å². The van der Waals surface area contributed by atoms with Crippen molar-refractivity contribution in [2.24, 2.45) is 0 Å². The Balaban J connectivity index is 2.96. The molecule has 0 aliphatic rings. The second-order valence-corrected chi connectivity index (χ2v) is 3.42. The van der Waals surface area contributed by atoms with E-state index in [0.29, 0.717) is 5.15 Å². The van der Waals surface area contributed by atoms with Crippen LogP contribution >= 0.6 is 34.5 Å². The Morgan fingerprint density at radius 3 is 3.00 bits per heavy atom. The molecule has 0 saturated heterocycles. The summed E-state index contributed by atoms with van der Waals surface area (Å²) in [7, 11) is 0. The summed E-state index contributed by atoms with van der Waals surface area (Å²) in [4.78, 5) is 7.91. The Bertz CT molecular complexity index is 398. The minimum atomic E-state index is 0.495. The molecular formula is C6H3ClIN3. The second-order valence-electron chi connectivity index (χ2n) is 2.03. The normalized spacial score (nSPS) is 10.7. The highest BCUT2D eigenvalue weighted by Crippen LogP contribution is 2.21. The minimum Gasteiger partial charge on any atom is -0.285 e. The molecule has 3 nitrogen and oxygen atoms in total. The van der Waals surface area contributed by atoms with Gasteiger partial charge in [0.1, 0.15) is 11.8 Å². The average Bonchev–Trinajstić information content (AvgIpc) is 2.34. The zero-order valence-electron chi connectivity index (χ0n) is 5.33. The van der Waals surface area contributed by atoms with Gasteiger partial charge in [0.25, 0.3) is 0 Å². The first-order valence-corrected chi connectivity index (χ1v) is 4.27. The molecule has 2 rings (SSSR count). The molecule has 0 aliphatic carbocycles. The number of halogens is 2. The molecule has 0 aromatic carbocycles. The van der Waals surface area contributed by atoms with Crippen LogP contribution in [0.25, 0.3) is 11.0 Å². The van der Waals surface area contributed by atoms with Crippen LogP contribution in [0.1, 0.15) is 0 Å². The van der Waals surface area contributed by atoms with Crippen molar-refractivity contribution in [1.29, 1.82) is 0 Å². The van der Waals surface area contributed by atoms with Crippen molar-refractivity contribution < 1.29 is 0 Å². The molecule has 0 fully saturated rings. The van der Waals surface area contributed by atoms with E-state index in [2.05, 4.69) is 32.8 Å². The maximum Gasteiger partial charge on any atom is 0.157 e. The minimum absolute atomic E-state index is 0.495. The number of rotatable bonds is 0. The van der Waals surface area contributed by atoms with Gasteiger partial charge in [-0.25, -0.2) is 9.97 Å². The molecule has 0 atom stereocenters. The Morgan fingerprint density at radius 2 is 2.27 bits per heavy atom. The molecule has 2 aromatic rings. The van der Waals surface area contributed by atoms with Gasteiger partial charge in [-0.1, -0.05) is 11.6 Å². The van der Waals surface area contributed by atoms with Crippen LogP contribution in [-0.2, 0) is 0 Å². The molecule has 56 valence electrons. The van der Waals surface area contributed by atoms with Crippen molar-refractivity contribution in [2.45, 2.75) is 0 Å². The fourth-order valence-electron chi connectivity index (χ4n) is 0.900. The van der Waals surface area contributed by atoms with Gasteiger partial charge in [0.2, 0.25) is 0 Å². The molecule has 2 aromatic heterocycles. The van der Waals surface area contributed by atoms with E-state index in [1.165, 1.54) is 6.33 Å². The third kappa shape index (κ3) is 1.10. The molecule has 0 unspecified atom stereocenters. The third-order valence-electron chi connectivity index (χ3n) is 1.38.